The molecule has 0 fully saturated rings. The maximum absolute atomic E-state index is 10.6. The molecule has 0 saturated carbocycles. The second-order valence-corrected chi connectivity index (χ2v) is 2.49. The predicted octanol–water partition coefficient (Wildman–Crippen LogP) is -0.617. The van der Waals surface area contributed by atoms with Crippen LogP contribution in [-0.2, 0) is 4.79 Å². The highest BCUT2D eigenvalue weighted by Crippen LogP contribution is 2.06. The monoisotopic (exact) mass is 146 g/mol. The summed E-state index contributed by atoms with van der Waals surface area (Å²) in [7, 11) is 0. The Kier molecular flexibility index (Phi) is 3.99. The summed E-state index contributed by atoms with van der Waals surface area (Å²) >= 11 is 0. The molecule has 0 aromatic carbocycles. The van der Waals surface area contributed by atoms with Crippen LogP contribution in [0.3, 0.4) is 0 Å². The summed E-state index contributed by atoms with van der Waals surface area (Å²) in [6, 6.07) is 0. The Labute approximate surface area is 60.4 Å². The van der Waals surface area contributed by atoms with Crippen LogP contribution >= 0.6 is 0 Å². The third-order valence-electron chi connectivity index (χ3n) is 1.49. The van der Waals surface area contributed by atoms with E-state index in [2.05, 4.69) is 0 Å². The average Bonchev–Trinajstić information content (AvgIpc) is 1.87. The standard InChI is InChI=1S/C6H14N2O2/c1-4(5(2)9)3-6(10)8-7/h4-5,9H,3,7H2,1-2H3,(H,8,10). The molecule has 60 valence electrons. The molecule has 4 nitrogen and oxygen atoms in total. The second-order valence-electron chi connectivity index (χ2n) is 2.49. The Morgan fingerprint density at radius 1 is 1.70 bits per heavy atom. The van der Waals surface area contributed by atoms with Gasteiger partial charge in [-0.15, -0.1) is 0 Å². The van der Waals surface area contributed by atoms with Crippen molar-refractivity contribution in [3.63, 3.8) is 0 Å². The summed E-state index contributed by atoms with van der Waals surface area (Å²) in [5.41, 5.74) is 2.00. The molecule has 4 N–H and O–H groups in total. The van der Waals surface area contributed by atoms with Gasteiger partial charge in [0.15, 0.2) is 0 Å². The van der Waals surface area contributed by atoms with Gasteiger partial charge in [-0.1, -0.05) is 6.92 Å². The highest BCUT2D eigenvalue weighted by molar-refractivity contribution is 5.75. The molecule has 0 aliphatic carbocycles. The van der Waals surface area contributed by atoms with Gasteiger partial charge < -0.3 is 5.11 Å². The molecule has 0 bridgehead atoms. The molecule has 1 amide bonds. The van der Waals surface area contributed by atoms with Crippen molar-refractivity contribution in [3.8, 4) is 0 Å². The number of hydrazine groups is 1. The average molecular weight is 146 g/mol. The first-order valence-corrected chi connectivity index (χ1v) is 3.25. The number of carbonyl (C=O) groups excluding carboxylic acids is 1. The minimum Gasteiger partial charge on any atom is -0.393 e. The molecule has 0 rings (SSSR count). The van der Waals surface area contributed by atoms with E-state index in [1.807, 2.05) is 5.43 Å². The molecule has 0 radical (unpaired) electrons. The Morgan fingerprint density at radius 3 is 2.50 bits per heavy atom. The molecule has 2 atom stereocenters. The number of carbonyl (C=O) groups is 1. The van der Waals surface area contributed by atoms with Crippen molar-refractivity contribution < 1.29 is 9.90 Å². The number of aliphatic hydroxyl groups excluding tert-OH is 1. The first-order valence-electron chi connectivity index (χ1n) is 3.25. The largest absolute Gasteiger partial charge is 0.393 e. The van der Waals surface area contributed by atoms with Gasteiger partial charge in [0.2, 0.25) is 5.91 Å². The van der Waals surface area contributed by atoms with E-state index in [0.29, 0.717) is 0 Å². The number of hydrogen-bond donors (Lipinski definition) is 3. The summed E-state index contributed by atoms with van der Waals surface area (Å²) in [6.07, 6.45) is -0.189. The van der Waals surface area contributed by atoms with Crippen LogP contribution in [0.15, 0.2) is 0 Å². The number of rotatable bonds is 3. The van der Waals surface area contributed by atoms with Crippen molar-refractivity contribution in [2.45, 2.75) is 26.4 Å². The van der Waals surface area contributed by atoms with Crippen molar-refractivity contribution in [2.24, 2.45) is 11.8 Å². The fourth-order valence-corrected chi connectivity index (χ4v) is 0.522. The lowest BCUT2D eigenvalue weighted by atomic mass is 10.0. The molecule has 0 spiro atoms. The number of nitrogens with two attached hydrogens (primary N) is 1. The van der Waals surface area contributed by atoms with Gasteiger partial charge in [-0.2, -0.15) is 0 Å². The number of aliphatic hydroxyl groups is 1. The number of hydrogen-bond acceptors (Lipinski definition) is 3. The minimum absolute atomic E-state index is 0.0384. The first kappa shape index (κ1) is 9.39. The van der Waals surface area contributed by atoms with E-state index in [1.165, 1.54) is 0 Å². The van der Waals surface area contributed by atoms with Gasteiger partial charge in [-0.3, -0.25) is 10.2 Å². The lowest BCUT2D eigenvalue weighted by Gasteiger charge is -2.12. The second kappa shape index (κ2) is 4.24. The lowest BCUT2D eigenvalue weighted by molar-refractivity contribution is -0.122. The zero-order valence-corrected chi connectivity index (χ0v) is 6.29. The molecule has 0 aliphatic rings. The van der Waals surface area contributed by atoms with Gasteiger partial charge >= 0.3 is 0 Å². The van der Waals surface area contributed by atoms with Crippen LogP contribution in [-0.4, -0.2) is 17.1 Å². The van der Waals surface area contributed by atoms with Crippen molar-refractivity contribution in [1.29, 1.82) is 0 Å². The lowest BCUT2D eigenvalue weighted by Crippen LogP contribution is -2.32. The topological polar surface area (TPSA) is 75.3 Å². The van der Waals surface area contributed by atoms with E-state index < -0.39 is 6.10 Å². The molecule has 4 heteroatoms. The molecular weight excluding hydrogens is 132 g/mol. The van der Waals surface area contributed by atoms with Crippen molar-refractivity contribution in [1.82, 2.24) is 5.43 Å². The molecule has 0 saturated heterocycles. The summed E-state index contributed by atoms with van der Waals surface area (Å²) in [5.74, 6) is 4.56. The summed E-state index contributed by atoms with van der Waals surface area (Å²) in [6.45, 7) is 3.44. The first-order chi connectivity index (χ1) is 4.57. The maximum Gasteiger partial charge on any atom is 0.234 e. The van der Waals surface area contributed by atoms with Crippen LogP contribution in [0.4, 0.5) is 0 Å². The Morgan fingerprint density at radius 2 is 2.20 bits per heavy atom. The number of amides is 1. The van der Waals surface area contributed by atoms with E-state index >= 15 is 0 Å². The van der Waals surface area contributed by atoms with Crippen LogP contribution in [0.25, 0.3) is 0 Å². The van der Waals surface area contributed by atoms with Crippen molar-refractivity contribution in [2.75, 3.05) is 0 Å². The summed E-state index contributed by atoms with van der Waals surface area (Å²) < 4.78 is 0. The van der Waals surface area contributed by atoms with Crippen LogP contribution in [0.5, 0.6) is 0 Å². The number of nitrogens with one attached hydrogen (secondary N) is 1. The zero-order chi connectivity index (χ0) is 8.15. The molecule has 0 aromatic heterocycles. The van der Waals surface area contributed by atoms with E-state index in [0.717, 1.165) is 0 Å². The zero-order valence-electron chi connectivity index (χ0n) is 6.29. The smallest absolute Gasteiger partial charge is 0.234 e. The Balaban J connectivity index is 3.57. The Bertz CT molecular complexity index is 114. The molecule has 2 unspecified atom stereocenters. The highest BCUT2D eigenvalue weighted by atomic mass is 16.3. The predicted molar refractivity (Wildman–Crippen MR) is 37.8 cm³/mol. The van der Waals surface area contributed by atoms with Gasteiger partial charge in [-0.05, 0) is 12.8 Å². The normalized spacial score (nSPS) is 16.0. The van der Waals surface area contributed by atoms with Gasteiger partial charge in [-0.25, -0.2) is 5.84 Å². The van der Waals surface area contributed by atoms with Crippen LogP contribution in [0.1, 0.15) is 20.3 Å². The molecule has 0 aromatic rings. The van der Waals surface area contributed by atoms with Crippen LogP contribution in [0, 0.1) is 5.92 Å². The van der Waals surface area contributed by atoms with Crippen molar-refractivity contribution >= 4 is 5.91 Å². The third kappa shape index (κ3) is 3.42. The maximum atomic E-state index is 10.6. The SMILES string of the molecule is CC(O)C(C)CC(=O)NN. The minimum atomic E-state index is -0.461. The van der Waals surface area contributed by atoms with Crippen LogP contribution < -0.4 is 11.3 Å². The quantitative estimate of drug-likeness (QED) is 0.282. The van der Waals surface area contributed by atoms with Gasteiger partial charge in [0.25, 0.3) is 0 Å². The summed E-state index contributed by atoms with van der Waals surface area (Å²) in [4.78, 5) is 10.6. The summed E-state index contributed by atoms with van der Waals surface area (Å²) in [5, 5.41) is 8.94. The van der Waals surface area contributed by atoms with Gasteiger partial charge in [0.1, 0.15) is 0 Å². The molecule has 0 aliphatic heterocycles. The van der Waals surface area contributed by atoms with E-state index in [1.54, 1.807) is 13.8 Å². The molecule has 0 heterocycles. The fourth-order valence-electron chi connectivity index (χ4n) is 0.522. The Hall–Kier alpha value is -0.610. The van der Waals surface area contributed by atoms with E-state index in [4.69, 9.17) is 10.9 Å². The van der Waals surface area contributed by atoms with E-state index in [9.17, 15) is 4.79 Å². The molecule has 10 heavy (non-hydrogen) atoms. The van der Waals surface area contributed by atoms with Gasteiger partial charge in [0.05, 0.1) is 6.10 Å². The van der Waals surface area contributed by atoms with E-state index in [-0.39, 0.29) is 18.2 Å². The van der Waals surface area contributed by atoms with Crippen molar-refractivity contribution in [3.05, 3.63) is 0 Å². The van der Waals surface area contributed by atoms with Gasteiger partial charge in [0, 0.05) is 6.42 Å². The fraction of sp³-hybridized carbons (Fsp3) is 0.833. The molecular formula is C6H14N2O2. The highest BCUT2D eigenvalue weighted by Gasteiger charge is 2.12. The van der Waals surface area contributed by atoms with Crippen LogP contribution in [0.2, 0.25) is 0 Å². The third-order valence-corrected chi connectivity index (χ3v) is 1.49.